The Kier molecular flexibility index (Phi) is 7.41. The van der Waals surface area contributed by atoms with E-state index in [0.29, 0.717) is 0 Å². The largest absolute Gasteiger partial charge is 0.312 e. The van der Waals surface area contributed by atoms with Crippen LogP contribution in [0.1, 0.15) is 38.7 Å². The minimum absolute atomic E-state index is 0.0352. The molecule has 0 spiro atoms. The summed E-state index contributed by atoms with van der Waals surface area (Å²) in [4.78, 5) is 14.2. The number of fused-ring (bicyclic) bond motifs is 3. The van der Waals surface area contributed by atoms with Crippen LogP contribution in [0.3, 0.4) is 0 Å². The quantitative estimate of drug-likeness (QED) is 0.280. The zero-order chi connectivity index (χ0) is 25.9. The van der Waals surface area contributed by atoms with Crippen LogP contribution >= 0.6 is 15.9 Å². The van der Waals surface area contributed by atoms with Gasteiger partial charge >= 0.3 is 0 Å². The van der Waals surface area contributed by atoms with Crippen LogP contribution in [-0.4, -0.2) is 35.1 Å². The molecule has 0 unspecified atom stereocenters. The molecule has 2 heterocycles. The van der Waals surface area contributed by atoms with E-state index < -0.39 is 0 Å². The smallest absolute Gasteiger partial charge is 0.268 e. The van der Waals surface area contributed by atoms with Crippen LogP contribution in [0.15, 0.2) is 114 Å². The maximum atomic E-state index is 14.2. The van der Waals surface area contributed by atoms with Crippen LogP contribution in [0.5, 0.6) is 0 Å². The summed E-state index contributed by atoms with van der Waals surface area (Å²) in [6, 6.07) is 37.7. The molecule has 5 heteroatoms. The van der Waals surface area contributed by atoms with Gasteiger partial charge in [-0.3, -0.25) is 9.80 Å². The highest BCUT2D eigenvalue weighted by atomic mass is 79.9. The lowest BCUT2D eigenvalue weighted by Crippen LogP contribution is -2.49. The molecule has 1 N–H and O–H groups in total. The van der Waals surface area contributed by atoms with Gasteiger partial charge in [-0.2, -0.15) is 0 Å². The number of carbonyl (C=O) groups excluding carboxylic acids is 1. The number of hydrazine groups is 1. The lowest BCUT2D eigenvalue weighted by Gasteiger charge is -2.38. The maximum absolute atomic E-state index is 14.2. The summed E-state index contributed by atoms with van der Waals surface area (Å²) in [5.41, 5.74) is 5.99. The Balaban J connectivity index is 1.39. The van der Waals surface area contributed by atoms with E-state index in [0.717, 1.165) is 42.5 Å². The maximum Gasteiger partial charge on any atom is 0.268 e. The molecule has 0 aromatic heterocycles. The van der Waals surface area contributed by atoms with Crippen molar-refractivity contribution in [1.29, 1.82) is 0 Å². The molecule has 192 valence electrons. The molecule has 1 fully saturated rings. The zero-order valence-electron chi connectivity index (χ0n) is 21.3. The predicted octanol–water partition coefficient (Wildman–Crippen LogP) is 6.44. The Morgan fingerprint density at radius 1 is 0.842 bits per heavy atom. The van der Waals surface area contributed by atoms with Crippen LogP contribution in [-0.2, 0) is 19.4 Å². The number of halogens is 1. The first-order chi connectivity index (χ1) is 18.7. The lowest BCUT2D eigenvalue weighted by atomic mass is 9.82. The fraction of sp³-hybridized carbons (Fsp3) is 0.242. The van der Waals surface area contributed by atoms with Crippen molar-refractivity contribution in [2.24, 2.45) is 5.92 Å². The second-order valence-corrected chi connectivity index (χ2v) is 11.1. The third-order valence-electron chi connectivity index (χ3n) is 7.97. The van der Waals surface area contributed by atoms with E-state index in [1.807, 2.05) is 36.4 Å². The normalized spacial score (nSPS) is 20.7. The summed E-state index contributed by atoms with van der Waals surface area (Å²) in [7, 11) is 0. The van der Waals surface area contributed by atoms with Crippen molar-refractivity contribution in [2.75, 3.05) is 13.1 Å². The summed E-state index contributed by atoms with van der Waals surface area (Å²) in [6.07, 6.45) is 1.76. The van der Waals surface area contributed by atoms with Crippen LogP contribution in [0.25, 0.3) is 0 Å². The average Bonchev–Trinajstić information content (AvgIpc) is 3.27. The summed E-state index contributed by atoms with van der Waals surface area (Å²) < 4.78 is 1.12. The minimum atomic E-state index is 0.0352. The average molecular weight is 567 g/mol. The fourth-order valence-corrected chi connectivity index (χ4v) is 6.62. The third kappa shape index (κ3) is 4.94. The molecule has 6 rings (SSSR count). The van der Waals surface area contributed by atoms with E-state index in [9.17, 15) is 4.79 Å². The Morgan fingerprint density at radius 2 is 1.53 bits per heavy atom. The molecule has 0 bridgehead atoms. The van der Waals surface area contributed by atoms with Gasteiger partial charge in [-0.1, -0.05) is 107 Å². The molecular weight excluding hydrogens is 534 g/mol. The van der Waals surface area contributed by atoms with E-state index in [2.05, 4.69) is 104 Å². The van der Waals surface area contributed by atoms with E-state index in [4.69, 9.17) is 0 Å². The topological polar surface area (TPSA) is 35.6 Å². The molecule has 1 amide bonds. The molecule has 1 saturated heterocycles. The van der Waals surface area contributed by atoms with Crippen molar-refractivity contribution >= 4 is 21.8 Å². The molecule has 2 aliphatic heterocycles. The molecule has 38 heavy (non-hydrogen) atoms. The van der Waals surface area contributed by atoms with Crippen molar-refractivity contribution in [3.63, 3.8) is 0 Å². The van der Waals surface area contributed by atoms with Gasteiger partial charge in [0.15, 0.2) is 0 Å². The molecule has 4 aromatic carbocycles. The van der Waals surface area contributed by atoms with Gasteiger partial charge in [-0.25, -0.2) is 5.01 Å². The van der Waals surface area contributed by atoms with Gasteiger partial charge in [-0.15, -0.1) is 0 Å². The summed E-state index contributed by atoms with van der Waals surface area (Å²) in [6.45, 7) is 2.43. The third-order valence-corrected chi connectivity index (χ3v) is 8.74. The Labute approximate surface area is 233 Å². The number of nitrogens with one attached hydrogen (secondary N) is 1. The van der Waals surface area contributed by atoms with Crippen molar-refractivity contribution in [1.82, 2.24) is 15.3 Å². The van der Waals surface area contributed by atoms with E-state index in [1.165, 1.54) is 22.3 Å². The summed E-state index contributed by atoms with van der Waals surface area (Å²) in [5, 5.41) is 8.24. The van der Waals surface area contributed by atoms with E-state index in [-0.39, 0.29) is 23.9 Å². The number of hydrogen-bond acceptors (Lipinski definition) is 3. The first kappa shape index (κ1) is 25.1. The molecule has 4 aromatic rings. The molecule has 0 radical (unpaired) electrons. The number of benzene rings is 4. The lowest BCUT2D eigenvalue weighted by molar-refractivity contribution is -0.0151. The molecule has 3 atom stereocenters. The van der Waals surface area contributed by atoms with Crippen LogP contribution < -0.4 is 5.32 Å². The molecule has 4 nitrogen and oxygen atoms in total. The Morgan fingerprint density at radius 3 is 2.32 bits per heavy atom. The summed E-state index contributed by atoms with van der Waals surface area (Å²) in [5.74, 6) is 0.316. The zero-order valence-corrected chi connectivity index (χ0v) is 22.9. The highest BCUT2D eigenvalue weighted by Crippen LogP contribution is 2.46. The van der Waals surface area contributed by atoms with Gasteiger partial charge in [0.05, 0.1) is 12.1 Å². The molecular formula is C33H32BrN3O. The second-order valence-electron chi connectivity index (χ2n) is 10.2. The predicted molar refractivity (Wildman–Crippen MR) is 155 cm³/mol. The van der Waals surface area contributed by atoms with Crippen LogP contribution in [0, 0.1) is 5.92 Å². The molecule has 2 aliphatic rings. The highest BCUT2D eigenvalue weighted by Gasteiger charge is 2.51. The number of carbonyl (C=O) groups is 1. The summed E-state index contributed by atoms with van der Waals surface area (Å²) >= 11 is 3.70. The number of rotatable bonds is 7. The minimum Gasteiger partial charge on any atom is -0.312 e. The Bertz CT molecular complexity index is 1390. The van der Waals surface area contributed by atoms with Crippen molar-refractivity contribution < 1.29 is 4.79 Å². The van der Waals surface area contributed by atoms with Gasteiger partial charge in [0.1, 0.15) is 0 Å². The van der Waals surface area contributed by atoms with Crippen molar-refractivity contribution in [3.8, 4) is 0 Å². The van der Waals surface area contributed by atoms with Crippen molar-refractivity contribution in [3.05, 3.63) is 141 Å². The van der Waals surface area contributed by atoms with Gasteiger partial charge in [0.25, 0.3) is 5.91 Å². The first-order valence-corrected chi connectivity index (χ1v) is 14.2. The second kappa shape index (κ2) is 11.2. The monoisotopic (exact) mass is 565 g/mol. The highest BCUT2D eigenvalue weighted by molar-refractivity contribution is 9.10. The van der Waals surface area contributed by atoms with Gasteiger partial charge < -0.3 is 5.32 Å². The molecule has 0 saturated carbocycles. The molecule has 0 aliphatic carbocycles. The van der Waals surface area contributed by atoms with Crippen LogP contribution in [0.4, 0.5) is 0 Å². The standard InChI is InChI=1S/C33H32BrN3O/c34-30-18-10-8-16-27(30)22-35-23-29-31(21-24-11-3-1-4-12-24)37(33(38)26-14-5-2-6-15-26)36-20-19-25-13-7-9-17-28(25)32(29)36/h1-18,29,31-32,35H,19-23H2/t29-,31-,32+/m1/s1. The SMILES string of the molecule is O=C(c1ccccc1)N1[C@H](Cc2ccccc2)[C@@H](CNCc2ccccc2Br)[C@@H]2c3ccccc3CCN21. The number of nitrogens with zero attached hydrogens (tertiary/aromatic N) is 2. The Hall–Kier alpha value is -3.25. The number of hydrogen-bond donors (Lipinski definition) is 1. The van der Waals surface area contributed by atoms with Crippen molar-refractivity contribution in [2.45, 2.75) is 31.5 Å². The van der Waals surface area contributed by atoms with Gasteiger partial charge in [0.2, 0.25) is 0 Å². The first-order valence-electron chi connectivity index (χ1n) is 13.4. The number of amides is 1. The van der Waals surface area contributed by atoms with Gasteiger partial charge in [-0.05, 0) is 53.3 Å². The fourth-order valence-electron chi connectivity index (χ4n) is 6.20. The van der Waals surface area contributed by atoms with E-state index >= 15 is 0 Å². The van der Waals surface area contributed by atoms with Crippen LogP contribution in [0.2, 0.25) is 0 Å². The van der Waals surface area contributed by atoms with Gasteiger partial charge in [0, 0.05) is 35.6 Å². The van der Waals surface area contributed by atoms with E-state index in [1.54, 1.807) is 0 Å².